The number of para-hydroxylation sites is 2. The average molecular weight is 475 g/mol. The van der Waals surface area contributed by atoms with Crippen molar-refractivity contribution in [1.29, 1.82) is 0 Å². The summed E-state index contributed by atoms with van der Waals surface area (Å²) in [6, 6.07) is 12.1. The molecule has 1 aliphatic rings. The molecule has 0 spiro atoms. The van der Waals surface area contributed by atoms with Crippen molar-refractivity contribution >= 4 is 56.6 Å². The van der Waals surface area contributed by atoms with E-state index in [1.807, 2.05) is 0 Å². The fraction of sp³-hybridized carbons (Fsp3) is 0.316. The van der Waals surface area contributed by atoms with Crippen molar-refractivity contribution < 1.29 is 17.9 Å². The van der Waals surface area contributed by atoms with Crippen molar-refractivity contribution in [3.05, 3.63) is 58.1 Å². The maximum absolute atomic E-state index is 12.5. The number of amides is 1. The lowest BCUT2D eigenvalue weighted by Gasteiger charge is -2.33. The molecule has 3 rings (SSSR count). The van der Waals surface area contributed by atoms with Gasteiger partial charge in [0.25, 0.3) is 5.91 Å². The fourth-order valence-electron chi connectivity index (χ4n) is 2.86. The molecule has 1 aliphatic heterocycles. The smallest absolute Gasteiger partial charge is 0.263 e. The van der Waals surface area contributed by atoms with E-state index in [1.165, 1.54) is 4.31 Å². The lowest BCUT2D eigenvalue weighted by Crippen LogP contribution is -2.50. The van der Waals surface area contributed by atoms with Crippen LogP contribution in [0, 0.1) is 0 Å². The van der Waals surface area contributed by atoms with E-state index >= 15 is 0 Å². The summed E-state index contributed by atoms with van der Waals surface area (Å²) in [7, 11) is -3.53. The Kier molecular flexibility index (Phi) is 7.21. The highest BCUT2D eigenvalue weighted by Crippen LogP contribution is 2.34. The highest BCUT2D eigenvalue weighted by molar-refractivity contribution is 7.98. The first kappa shape index (κ1) is 22.1. The van der Waals surface area contributed by atoms with Crippen LogP contribution in [-0.2, 0) is 20.6 Å². The number of rotatable bonds is 7. The van der Waals surface area contributed by atoms with Crippen LogP contribution in [0.15, 0.2) is 42.5 Å². The number of carbonyl (C=O) groups is 1. The molecule has 1 N–H and O–H groups in total. The van der Waals surface area contributed by atoms with Gasteiger partial charge in [-0.3, -0.25) is 9.10 Å². The molecule has 0 saturated heterocycles. The van der Waals surface area contributed by atoms with Gasteiger partial charge in [-0.2, -0.15) is 11.8 Å². The minimum Gasteiger partial charge on any atom is -0.476 e. The van der Waals surface area contributed by atoms with Gasteiger partial charge in [-0.15, -0.1) is 0 Å². The first-order valence-corrected chi connectivity index (χ1v) is 12.5. The van der Waals surface area contributed by atoms with E-state index in [9.17, 15) is 13.2 Å². The molecule has 1 unspecified atom stereocenters. The zero-order chi connectivity index (χ0) is 21.0. The molecule has 1 amide bonds. The third kappa shape index (κ3) is 5.51. The van der Waals surface area contributed by atoms with Crippen molar-refractivity contribution in [1.82, 2.24) is 5.32 Å². The molecule has 2 aromatic carbocycles. The van der Waals surface area contributed by atoms with Crippen LogP contribution in [0.1, 0.15) is 5.56 Å². The molecular formula is C19H20Cl2N2O4S2. The maximum atomic E-state index is 12.5. The van der Waals surface area contributed by atoms with Crippen molar-refractivity contribution in [2.75, 3.05) is 29.4 Å². The predicted octanol–water partition coefficient (Wildman–Crippen LogP) is 3.57. The molecule has 29 heavy (non-hydrogen) atoms. The third-order valence-electron chi connectivity index (χ3n) is 4.28. The number of anilines is 1. The van der Waals surface area contributed by atoms with Crippen molar-refractivity contribution in [2.24, 2.45) is 0 Å². The SMILES string of the molecule is CS(=O)(=O)N1CC(C(=O)NCCSCc2c(Cl)cccc2Cl)Oc2ccccc21. The number of nitrogens with zero attached hydrogens (tertiary/aromatic N) is 1. The number of fused-ring (bicyclic) bond motifs is 1. The number of benzene rings is 2. The lowest BCUT2D eigenvalue weighted by molar-refractivity contribution is -0.127. The van der Waals surface area contributed by atoms with Gasteiger partial charge in [0.2, 0.25) is 10.0 Å². The van der Waals surface area contributed by atoms with Gasteiger partial charge in [0.1, 0.15) is 5.75 Å². The number of carbonyl (C=O) groups excluding carboxylic acids is 1. The molecular weight excluding hydrogens is 455 g/mol. The van der Waals surface area contributed by atoms with Crippen LogP contribution in [-0.4, -0.2) is 45.5 Å². The zero-order valence-corrected chi connectivity index (χ0v) is 18.7. The predicted molar refractivity (Wildman–Crippen MR) is 119 cm³/mol. The summed E-state index contributed by atoms with van der Waals surface area (Å²) < 4.78 is 31.2. The number of halogens is 2. The third-order valence-corrected chi connectivity index (χ3v) is 7.12. The Hall–Kier alpha value is -1.61. The topological polar surface area (TPSA) is 75.7 Å². The summed E-state index contributed by atoms with van der Waals surface area (Å²) >= 11 is 13.9. The summed E-state index contributed by atoms with van der Waals surface area (Å²) in [4.78, 5) is 12.5. The van der Waals surface area contributed by atoms with Gasteiger partial charge in [0.05, 0.1) is 18.5 Å². The second-order valence-electron chi connectivity index (χ2n) is 6.41. The lowest BCUT2D eigenvalue weighted by atomic mass is 10.2. The summed E-state index contributed by atoms with van der Waals surface area (Å²) in [5.41, 5.74) is 1.30. The minimum atomic E-state index is -3.53. The molecule has 0 radical (unpaired) electrons. The van der Waals surface area contributed by atoms with Crippen LogP contribution in [0.25, 0.3) is 0 Å². The fourth-order valence-corrected chi connectivity index (χ4v) is 5.37. The first-order chi connectivity index (χ1) is 13.8. The van der Waals surface area contributed by atoms with Crippen LogP contribution in [0.5, 0.6) is 5.75 Å². The molecule has 0 aliphatic carbocycles. The van der Waals surface area contributed by atoms with E-state index in [0.29, 0.717) is 39.5 Å². The van der Waals surface area contributed by atoms with Gasteiger partial charge < -0.3 is 10.1 Å². The molecule has 10 heteroatoms. The molecule has 6 nitrogen and oxygen atoms in total. The van der Waals surface area contributed by atoms with Crippen LogP contribution in [0.2, 0.25) is 10.0 Å². The average Bonchev–Trinajstić information content (AvgIpc) is 2.68. The number of nitrogens with one attached hydrogen (secondary N) is 1. The summed E-state index contributed by atoms with van der Waals surface area (Å²) in [6.45, 7) is 0.343. The highest BCUT2D eigenvalue weighted by atomic mass is 35.5. The summed E-state index contributed by atoms with van der Waals surface area (Å²) in [6.07, 6.45) is 0.197. The Morgan fingerprint density at radius 3 is 2.59 bits per heavy atom. The van der Waals surface area contributed by atoms with Crippen LogP contribution in [0.4, 0.5) is 5.69 Å². The van der Waals surface area contributed by atoms with Gasteiger partial charge in [-0.25, -0.2) is 8.42 Å². The van der Waals surface area contributed by atoms with Crippen LogP contribution < -0.4 is 14.4 Å². The molecule has 1 heterocycles. The van der Waals surface area contributed by atoms with E-state index in [4.69, 9.17) is 27.9 Å². The Morgan fingerprint density at radius 1 is 1.21 bits per heavy atom. The first-order valence-electron chi connectivity index (χ1n) is 8.79. The largest absolute Gasteiger partial charge is 0.476 e. The second-order valence-corrected chi connectivity index (χ2v) is 10.2. The van der Waals surface area contributed by atoms with Gasteiger partial charge >= 0.3 is 0 Å². The van der Waals surface area contributed by atoms with E-state index in [-0.39, 0.29) is 12.5 Å². The standard InChI is InChI=1S/C19H20Cl2N2O4S2/c1-29(25,26)23-11-18(27-17-8-3-2-7-16(17)23)19(24)22-9-10-28-12-13-14(20)5-4-6-15(13)21/h2-8,18H,9-12H2,1H3,(H,22,24). The molecule has 156 valence electrons. The normalized spacial score (nSPS) is 16.1. The second kappa shape index (κ2) is 9.47. The molecule has 0 aromatic heterocycles. The molecule has 2 aromatic rings. The molecule has 0 fully saturated rings. The quantitative estimate of drug-likeness (QED) is 0.620. The van der Waals surface area contributed by atoms with Crippen molar-refractivity contribution in [3.8, 4) is 5.75 Å². The molecule has 0 saturated carbocycles. The summed E-state index contributed by atoms with van der Waals surface area (Å²) in [5.74, 6) is 1.28. The number of hydrogen-bond donors (Lipinski definition) is 1. The Bertz CT molecular complexity index is 981. The number of thioether (sulfide) groups is 1. The Balaban J connectivity index is 1.53. The Morgan fingerprint density at radius 2 is 1.90 bits per heavy atom. The van der Waals surface area contributed by atoms with E-state index < -0.39 is 16.1 Å². The van der Waals surface area contributed by atoms with Gasteiger partial charge in [-0.1, -0.05) is 41.4 Å². The number of hydrogen-bond acceptors (Lipinski definition) is 5. The maximum Gasteiger partial charge on any atom is 0.263 e. The highest BCUT2D eigenvalue weighted by Gasteiger charge is 2.34. The van der Waals surface area contributed by atoms with E-state index in [2.05, 4.69) is 5.32 Å². The minimum absolute atomic E-state index is 0.0654. The zero-order valence-electron chi connectivity index (χ0n) is 15.6. The van der Waals surface area contributed by atoms with Crippen LogP contribution in [0.3, 0.4) is 0 Å². The summed E-state index contributed by atoms with van der Waals surface area (Å²) in [5, 5.41) is 4.03. The van der Waals surface area contributed by atoms with E-state index in [0.717, 1.165) is 11.8 Å². The van der Waals surface area contributed by atoms with Gasteiger partial charge in [-0.05, 0) is 29.8 Å². The number of sulfonamides is 1. The molecule has 1 atom stereocenters. The number of ether oxygens (including phenoxy) is 1. The molecule has 0 bridgehead atoms. The monoisotopic (exact) mass is 474 g/mol. The Labute approximate surface area is 184 Å². The van der Waals surface area contributed by atoms with E-state index in [1.54, 1.807) is 54.2 Å². The van der Waals surface area contributed by atoms with Crippen LogP contribution >= 0.6 is 35.0 Å². The van der Waals surface area contributed by atoms with Crippen molar-refractivity contribution in [3.63, 3.8) is 0 Å². The van der Waals surface area contributed by atoms with Gasteiger partial charge in [0.15, 0.2) is 6.10 Å². The van der Waals surface area contributed by atoms with Crippen molar-refractivity contribution in [2.45, 2.75) is 11.9 Å². The van der Waals surface area contributed by atoms with Gasteiger partial charge in [0, 0.05) is 28.1 Å².